The van der Waals surface area contributed by atoms with Crippen LogP contribution in [0.4, 0.5) is 0 Å². The van der Waals surface area contributed by atoms with E-state index in [9.17, 15) is 0 Å². The van der Waals surface area contributed by atoms with Crippen LogP contribution in [0.3, 0.4) is 0 Å². The topological polar surface area (TPSA) is 43.6 Å². The fraction of sp³-hybridized carbons (Fsp3) is 0. The second-order valence-corrected chi connectivity index (χ2v) is 15.4. The summed E-state index contributed by atoms with van der Waals surface area (Å²) < 4.78 is 4.85. The van der Waals surface area contributed by atoms with Gasteiger partial charge in [0.1, 0.15) is 0 Å². The van der Waals surface area contributed by atoms with Gasteiger partial charge in [0.05, 0.1) is 11.0 Å². The normalized spacial score (nSPS) is 11.9. The van der Waals surface area contributed by atoms with Crippen LogP contribution in [-0.2, 0) is 0 Å². The molecule has 0 bridgehead atoms. The third-order valence-corrected chi connectivity index (χ3v) is 12.5. The van der Waals surface area contributed by atoms with Gasteiger partial charge in [-0.05, 0) is 50.2 Å². The molecule has 0 N–H and O–H groups in total. The van der Waals surface area contributed by atoms with E-state index in [2.05, 4.69) is 150 Å². The molecule has 3 heterocycles. The highest BCUT2D eigenvalue weighted by molar-refractivity contribution is 7.27. The van der Waals surface area contributed by atoms with Crippen molar-refractivity contribution in [3.8, 4) is 39.9 Å². The van der Waals surface area contributed by atoms with E-state index in [4.69, 9.17) is 15.0 Å². The average Bonchev–Trinajstić information content (AvgIpc) is 3.84. The lowest BCUT2D eigenvalue weighted by molar-refractivity contribution is 0.955. The number of benzene rings is 9. The molecule has 0 radical (unpaired) electrons. The van der Waals surface area contributed by atoms with E-state index in [1.807, 2.05) is 47.7 Å². The molecule has 9 aromatic carbocycles. The molecule has 3 aromatic heterocycles. The number of rotatable bonds is 4. The van der Waals surface area contributed by atoms with Gasteiger partial charge in [0, 0.05) is 47.5 Å². The number of thiophene rings is 1. The van der Waals surface area contributed by atoms with Gasteiger partial charge in [0.25, 0.3) is 0 Å². The van der Waals surface area contributed by atoms with Crippen LogP contribution < -0.4 is 0 Å². The molecule has 0 saturated heterocycles. The monoisotopic (exact) mass is 730 g/mol. The second kappa shape index (κ2) is 12.2. The first-order valence-corrected chi connectivity index (χ1v) is 19.7. The molecule has 0 aliphatic heterocycles. The quantitative estimate of drug-likeness (QED) is 0.169. The maximum atomic E-state index is 5.30. The van der Waals surface area contributed by atoms with E-state index in [-0.39, 0.29) is 0 Å². The van der Waals surface area contributed by atoms with Gasteiger partial charge in [-0.1, -0.05) is 170 Å². The summed E-state index contributed by atoms with van der Waals surface area (Å²) in [5.41, 5.74) is 6.52. The Hall–Kier alpha value is -7.21. The average molecular weight is 731 g/mol. The van der Waals surface area contributed by atoms with Gasteiger partial charge in [-0.3, -0.25) is 4.57 Å². The summed E-state index contributed by atoms with van der Waals surface area (Å²) in [6.07, 6.45) is 0. The minimum atomic E-state index is 0.593. The van der Waals surface area contributed by atoms with Crippen molar-refractivity contribution in [1.82, 2.24) is 19.5 Å². The summed E-state index contributed by atoms with van der Waals surface area (Å²) in [5, 5.41) is 12.2. The van der Waals surface area contributed by atoms with Crippen molar-refractivity contribution in [3.63, 3.8) is 0 Å². The molecule has 0 unspecified atom stereocenters. The first-order valence-electron chi connectivity index (χ1n) is 18.9. The molecule has 260 valence electrons. The summed E-state index contributed by atoms with van der Waals surface area (Å²) in [5.74, 6) is 1.87. The smallest absolute Gasteiger partial charge is 0.238 e. The minimum Gasteiger partial charge on any atom is -0.277 e. The van der Waals surface area contributed by atoms with Crippen LogP contribution >= 0.6 is 11.3 Å². The molecule has 56 heavy (non-hydrogen) atoms. The van der Waals surface area contributed by atoms with Crippen LogP contribution in [0.1, 0.15) is 0 Å². The molecule has 0 fully saturated rings. The number of hydrogen-bond acceptors (Lipinski definition) is 4. The van der Waals surface area contributed by atoms with Gasteiger partial charge in [0.15, 0.2) is 11.6 Å². The Morgan fingerprint density at radius 3 is 1.70 bits per heavy atom. The molecule has 0 aliphatic rings. The van der Waals surface area contributed by atoms with E-state index >= 15 is 0 Å². The van der Waals surface area contributed by atoms with Gasteiger partial charge in [0.2, 0.25) is 5.95 Å². The van der Waals surface area contributed by atoms with E-state index in [1.165, 1.54) is 69.0 Å². The third-order valence-electron chi connectivity index (χ3n) is 11.2. The number of nitrogens with zero attached hydrogens (tertiary/aromatic N) is 4. The number of fused-ring (bicyclic) bond motifs is 13. The highest BCUT2D eigenvalue weighted by Gasteiger charge is 2.25. The largest absolute Gasteiger partial charge is 0.277 e. The van der Waals surface area contributed by atoms with Crippen LogP contribution in [0.25, 0.3) is 114 Å². The molecule has 0 saturated carbocycles. The molecule has 12 rings (SSSR count). The fourth-order valence-corrected chi connectivity index (χ4v) is 10.1. The van der Waals surface area contributed by atoms with Crippen molar-refractivity contribution in [1.29, 1.82) is 0 Å². The predicted molar refractivity (Wildman–Crippen MR) is 236 cm³/mol. The second-order valence-electron chi connectivity index (χ2n) is 14.3. The Balaban J connectivity index is 1.25. The van der Waals surface area contributed by atoms with Gasteiger partial charge < -0.3 is 0 Å². The predicted octanol–water partition coefficient (Wildman–Crippen LogP) is 13.8. The van der Waals surface area contributed by atoms with E-state index in [0.717, 1.165) is 27.5 Å². The zero-order valence-electron chi connectivity index (χ0n) is 30.0. The lowest BCUT2D eigenvalue weighted by Crippen LogP contribution is -2.06. The summed E-state index contributed by atoms with van der Waals surface area (Å²) in [4.78, 5) is 15.7. The van der Waals surface area contributed by atoms with E-state index in [0.29, 0.717) is 17.6 Å². The van der Waals surface area contributed by atoms with Crippen molar-refractivity contribution >= 4 is 85.6 Å². The molecule has 0 aliphatic carbocycles. The summed E-state index contributed by atoms with van der Waals surface area (Å²) in [6.45, 7) is 0. The molecule has 0 atom stereocenters. The van der Waals surface area contributed by atoms with Crippen molar-refractivity contribution in [3.05, 3.63) is 182 Å². The van der Waals surface area contributed by atoms with Crippen LogP contribution in [0.2, 0.25) is 0 Å². The van der Waals surface area contributed by atoms with Crippen molar-refractivity contribution in [2.75, 3.05) is 0 Å². The fourth-order valence-electron chi connectivity index (χ4n) is 8.70. The Morgan fingerprint density at radius 1 is 0.375 bits per heavy atom. The molecule has 0 amide bonds. The highest BCUT2D eigenvalue weighted by atomic mass is 32.1. The molecular weight excluding hydrogens is 701 g/mol. The van der Waals surface area contributed by atoms with E-state index < -0.39 is 0 Å². The Bertz CT molecular complexity index is 3470. The molecule has 12 aromatic rings. The van der Waals surface area contributed by atoms with Crippen molar-refractivity contribution < 1.29 is 0 Å². The Labute approximate surface area is 325 Å². The molecular formula is C51H30N4S. The Morgan fingerprint density at radius 2 is 0.964 bits per heavy atom. The zero-order chi connectivity index (χ0) is 36.7. The first-order chi connectivity index (χ1) is 27.8. The van der Waals surface area contributed by atoms with Crippen molar-refractivity contribution in [2.45, 2.75) is 0 Å². The highest BCUT2D eigenvalue weighted by Crippen LogP contribution is 2.49. The number of hydrogen-bond donors (Lipinski definition) is 0. The SMILES string of the molecule is c1ccc(-c2nc(-c3ccccc3)nc(-n3c4ccc5c6cccc(-c7ccc8ccccc8c7)c6sc5c4c4c5ccccc5c5ccccc5c43)n2)cc1. The standard InChI is InChI=1S/C51H30N4S/c1-3-15-32(16-4-1)49-52-50(33-17-5-2-6-18-33)54-51(53-49)55-43-29-28-42-41-25-13-24-36(35-27-26-31-14-7-8-19-34(31)30-35)47(41)56-48(42)45(43)44-39-22-11-9-20-37(39)38-21-10-12-23-40(38)46(44)55/h1-30H. The molecule has 4 nitrogen and oxygen atoms in total. The van der Waals surface area contributed by atoms with Crippen LogP contribution in [0.15, 0.2) is 182 Å². The summed E-state index contributed by atoms with van der Waals surface area (Å²) in [6, 6.07) is 64.8. The van der Waals surface area contributed by atoms with Gasteiger partial charge in [-0.2, -0.15) is 9.97 Å². The zero-order valence-corrected chi connectivity index (χ0v) is 30.8. The Kier molecular flexibility index (Phi) is 6.76. The van der Waals surface area contributed by atoms with E-state index in [1.54, 1.807) is 0 Å². The maximum absolute atomic E-state index is 5.30. The van der Waals surface area contributed by atoms with Crippen LogP contribution in [0, 0.1) is 0 Å². The lowest BCUT2D eigenvalue weighted by Gasteiger charge is -2.13. The van der Waals surface area contributed by atoms with Crippen LogP contribution in [0.5, 0.6) is 0 Å². The minimum absolute atomic E-state index is 0.593. The first kappa shape index (κ1) is 31.2. The van der Waals surface area contributed by atoms with Gasteiger partial charge in [-0.25, -0.2) is 4.98 Å². The van der Waals surface area contributed by atoms with Gasteiger partial charge >= 0.3 is 0 Å². The van der Waals surface area contributed by atoms with Crippen LogP contribution in [-0.4, -0.2) is 19.5 Å². The maximum Gasteiger partial charge on any atom is 0.238 e. The molecule has 0 spiro atoms. The van der Waals surface area contributed by atoms with Gasteiger partial charge in [-0.15, -0.1) is 11.3 Å². The lowest BCUT2D eigenvalue weighted by atomic mass is 9.96. The number of aromatic nitrogens is 4. The summed E-state index contributed by atoms with van der Waals surface area (Å²) >= 11 is 1.89. The summed E-state index contributed by atoms with van der Waals surface area (Å²) in [7, 11) is 0. The molecule has 5 heteroatoms. The van der Waals surface area contributed by atoms with Crippen molar-refractivity contribution in [2.24, 2.45) is 0 Å². The third kappa shape index (κ3) is 4.62.